The monoisotopic (exact) mass is 333 g/mol. The van der Waals surface area contributed by atoms with Crippen LogP contribution in [0.1, 0.15) is 34.4 Å². The van der Waals surface area contributed by atoms with Gasteiger partial charge in [0.2, 0.25) is 5.91 Å². The molecule has 5 nitrogen and oxygen atoms in total. The molecule has 0 fully saturated rings. The molecule has 0 aliphatic rings. The number of amides is 1. The number of rotatable bonds is 7. The summed E-state index contributed by atoms with van der Waals surface area (Å²) >= 11 is 1.55. The maximum absolute atomic E-state index is 12.1. The normalized spacial score (nSPS) is 11.9. The van der Waals surface area contributed by atoms with Crippen LogP contribution >= 0.6 is 11.8 Å². The SMILES string of the molecule is Cc1oc(CNC(=O)C(C)SCc2ccccc2)cc1C(=O)O. The predicted octanol–water partition coefficient (Wildman–Crippen LogP) is 3.22. The summed E-state index contributed by atoms with van der Waals surface area (Å²) in [5.74, 6) is 0.410. The number of benzene rings is 1. The Bertz CT molecular complexity index is 681. The molecule has 1 atom stereocenters. The number of carboxylic acid groups (broad SMARTS) is 1. The first-order valence-corrected chi connectivity index (χ1v) is 8.28. The van der Waals surface area contributed by atoms with Crippen LogP contribution in [0.2, 0.25) is 0 Å². The van der Waals surface area contributed by atoms with Crippen LogP contribution in [0.15, 0.2) is 40.8 Å². The van der Waals surface area contributed by atoms with Gasteiger partial charge in [-0.2, -0.15) is 0 Å². The largest absolute Gasteiger partial charge is 0.478 e. The fourth-order valence-electron chi connectivity index (χ4n) is 2.03. The van der Waals surface area contributed by atoms with Crippen LogP contribution in [-0.4, -0.2) is 22.2 Å². The highest BCUT2D eigenvalue weighted by Crippen LogP contribution is 2.18. The number of carbonyl (C=O) groups excluding carboxylic acids is 1. The van der Waals surface area contributed by atoms with Crippen LogP contribution < -0.4 is 5.32 Å². The average molecular weight is 333 g/mol. The van der Waals surface area contributed by atoms with Gasteiger partial charge in [-0.3, -0.25) is 4.79 Å². The molecule has 1 heterocycles. The molecular weight excluding hydrogens is 314 g/mol. The minimum Gasteiger partial charge on any atom is -0.478 e. The molecule has 1 aromatic carbocycles. The summed E-state index contributed by atoms with van der Waals surface area (Å²) in [6, 6.07) is 11.4. The number of aromatic carboxylic acids is 1. The van der Waals surface area contributed by atoms with E-state index in [9.17, 15) is 9.59 Å². The third kappa shape index (κ3) is 4.89. The second kappa shape index (κ2) is 7.87. The molecule has 0 bridgehead atoms. The quantitative estimate of drug-likeness (QED) is 0.813. The zero-order valence-electron chi connectivity index (χ0n) is 13.0. The molecule has 2 rings (SSSR count). The smallest absolute Gasteiger partial charge is 0.339 e. The number of aryl methyl sites for hydroxylation is 1. The average Bonchev–Trinajstić information content (AvgIpc) is 2.92. The zero-order chi connectivity index (χ0) is 16.8. The first-order valence-electron chi connectivity index (χ1n) is 7.23. The van der Waals surface area contributed by atoms with Crippen LogP contribution in [0.5, 0.6) is 0 Å². The third-order valence-electron chi connectivity index (χ3n) is 3.35. The molecule has 0 saturated heterocycles. The van der Waals surface area contributed by atoms with Gasteiger partial charge in [0.25, 0.3) is 0 Å². The Hall–Kier alpha value is -2.21. The van der Waals surface area contributed by atoms with E-state index in [0.717, 1.165) is 5.75 Å². The molecule has 122 valence electrons. The molecule has 2 aromatic rings. The fourth-order valence-corrected chi connectivity index (χ4v) is 2.90. The van der Waals surface area contributed by atoms with Gasteiger partial charge in [0.05, 0.1) is 11.8 Å². The van der Waals surface area contributed by atoms with Gasteiger partial charge in [0.15, 0.2) is 0 Å². The first kappa shape index (κ1) is 17.1. The summed E-state index contributed by atoms with van der Waals surface area (Å²) in [6.07, 6.45) is 0. The lowest BCUT2D eigenvalue weighted by Gasteiger charge is -2.11. The summed E-state index contributed by atoms with van der Waals surface area (Å²) < 4.78 is 5.33. The molecule has 0 radical (unpaired) electrons. The molecule has 1 aromatic heterocycles. The van der Waals surface area contributed by atoms with Gasteiger partial charge in [0, 0.05) is 5.75 Å². The maximum atomic E-state index is 12.1. The lowest BCUT2D eigenvalue weighted by molar-refractivity contribution is -0.120. The third-order valence-corrected chi connectivity index (χ3v) is 4.56. The van der Waals surface area contributed by atoms with Crippen LogP contribution in [0, 0.1) is 6.92 Å². The van der Waals surface area contributed by atoms with Gasteiger partial charge in [-0.05, 0) is 25.5 Å². The van der Waals surface area contributed by atoms with E-state index in [0.29, 0.717) is 11.5 Å². The van der Waals surface area contributed by atoms with Gasteiger partial charge < -0.3 is 14.8 Å². The van der Waals surface area contributed by atoms with Crippen LogP contribution in [0.25, 0.3) is 0 Å². The molecular formula is C17H19NO4S. The standard InChI is InChI=1S/C17H19NO4S/c1-11-15(17(20)21)8-14(22-11)9-18-16(19)12(2)23-10-13-6-4-3-5-7-13/h3-8,12H,9-10H2,1-2H3,(H,18,19)(H,20,21). The Labute approximate surface area is 139 Å². The van der Waals surface area contributed by atoms with Crippen molar-refractivity contribution >= 4 is 23.6 Å². The van der Waals surface area contributed by atoms with E-state index in [2.05, 4.69) is 5.32 Å². The topological polar surface area (TPSA) is 79.5 Å². The Morgan fingerprint density at radius 2 is 2.00 bits per heavy atom. The second-order valence-electron chi connectivity index (χ2n) is 5.14. The Balaban J connectivity index is 1.82. The summed E-state index contributed by atoms with van der Waals surface area (Å²) in [7, 11) is 0. The van der Waals surface area contributed by atoms with Crippen molar-refractivity contribution in [3.63, 3.8) is 0 Å². The molecule has 0 spiro atoms. The molecule has 1 unspecified atom stereocenters. The van der Waals surface area contributed by atoms with Crippen LogP contribution in [0.3, 0.4) is 0 Å². The second-order valence-corrected chi connectivity index (χ2v) is 6.47. The van der Waals surface area contributed by atoms with Crippen LogP contribution in [-0.2, 0) is 17.1 Å². The van der Waals surface area contributed by atoms with E-state index >= 15 is 0 Å². The minimum atomic E-state index is -1.03. The lowest BCUT2D eigenvalue weighted by atomic mass is 10.2. The van der Waals surface area contributed by atoms with E-state index in [-0.39, 0.29) is 23.3 Å². The van der Waals surface area contributed by atoms with Crippen molar-refractivity contribution in [3.05, 3.63) is 59.0 Å². The van der Waals surface area contributed by atoms with Crippen LogP contribution in [0.4, 0.5) is 0 Å². The van der Waals surface area contributed by atoms with E-state index < -0.39 is 5.97 Å². The summed E-state index contributed by atoms with van der Waals surface area (Å²) in [5, 5.41) is 11.5. The first-order chi connectivity index (χ1) is 11.0. The maximum Gasteiger partial charge on any atom is 0.339 e. The molecule has 6 heteroatoms. The summed E-state index contributed by atoms with van der Waals surface area (Å²) in [5.41, 5.74) is 1.30. The molecule has 2 N–H and O–H groups in total. The Morgan fingerprint density at radius 1 is 1.30 bits per heavy atom. The zero-order valence-corrected chi connectivity index (χ0v) is 13.9. The number of nitrogens with one attached hydrogen (secondary N) is 1. The molecule has 0 aliphatic carbocycles. The Morgan fingerprint density at radius 3 is 2.61 bits per heavy atom. The summed E-state index contributed by atoms with van der Waals surface area (Å²) in [6.45, 7) is 3.62. The number of hydrogen-bond donors (Lipinski definition) is 2. The predicted molar refractivity (Wildman–Crippen MR) is 89.5 cm³/mol. The van der Waals surface area contributed by atoms with Crippen molar-refractivity contribution in [2.75, 3.05) is 0 Å². The van der Waals surface area contributed by atoms with E-state index in [1.165, 1.54) is 11.6 Å². The van der Waals surface area contributed by atoms with E-state index in [1.807, 2.05) is 37.3 Å². The Kier molecular flexibility index (Phi) is 5.87. The van der Waals surface area contributed by atoms with E-state index in [4.69, 9.17) is 9.52 Å². The van der Waals surface area contributed by atoms with Gasteiger partial charge in [-0.15, -0.1) is 11.8 Å². The number of carboxylic acids is 1. The minimum absolute atomic E-state index is 0.100. The molecule has 0 saturated carbocycles. The van der Waals surface area contributed by atoms with Crippen molar-refractivity contribution in [2.45, 2.75) is 31.4 Å². The molecule has 23 heavy (non-hydrogen) atoms. The number of furan rings is 1. The van der Waals surface area contributed by atoms with Crippen molar-refractivity contribution < 1.29 is 19.1 Å². The van der Waals surface area contributed by atoms with Gasteiger partial charge >= 0.3 is 5.97 Å². The van der Waals surface area contributed by atoms with Crippen molar-refractivity contribution in [3.8, 4) is 0 Å². The molecule has 1 amide bonds. The highest BCUT2D eigenvalue weighted by atomic mass is 32.2. The number of carbonyl (C=O) groups is 2. The van der Waals surface area contributed by atoms with Crippen molar-refractivity contribution in [2.24, 2.45) is 0 Å². The van der Waals surface area contributed by atoms with Crippen molar-refractivity contribution in [1.29, 1.82) is 0 Å². The number of thioether (sulfide) groups is 1. The number of hydrogen-bond acceptors (Lipinski definition) is 4. The highest BCUT2D eigenvalue weighted by molar-refractivity contribution is 7.99. The van der Waals surface area contributed by atoms with Crippen molar-refractivity contribution in [1.82, 2.24) is 5.32 Å². The lowest BCUT2D eigenvalue weighted by Crippen LogP contribution is -2.30. The van der Waals surface area contributed by atoms with E-state index in [1.54, 1.807) is 18.7 Å². The van der Waals surface area contributed by atoms with Gasteiger partial charge in [-0.25, -0.2) is 4.79 Å². The summed E-state index contributed by atoms with van der Waals surface area (Å²) in [4.78, 5) is 23.0. The molecule has 0 aliphatic heterocycles. The fraction of sp³-hybridized carbons (Fsp3) is 0.294. The highest BCUT2D eigenvalue weighted by Gasteiger charge is 2.16. The van der Waals surface area contributed by atoms with Gasteiger partial charge in [0.1, 0.15) is 17.1 Å². The van der Waals surface area contributed by atoms with Gasteiger partial charge in [-0.1, -0.05) is 30.3 Å².